The van der Waals surface area contributed by atoms with Crippen molar-refractivity contribution in [3.05, 3.63) is 65.7 Å². The maximum Gasteiger partial charge on any atom is 0.242 e. The van der Waals surface area contributed by atoms with Crippen molar-refractivity contribution >= 4 is 11.8 Å². The Kier molecular flexibility index (Phi) is 8.53. The third-order valence-electron chi connectivity index (χ3n) is 4.71. The Balaban J connectivity index is 2.13. The molecule has 0 aliphatic heterocycles. The molecule has 0 saturated heterocycles. The fourth-order valence-electron chi connectivity index (χ4n) is 2.92. The monoisotopic (exact) mass is 382 g/mol. The second-order valence-corrected chi connectivity index (χ2v) is 6.85. The van der Waals surface area contributed by atoms with Gasteiger partial charge >= 0.3 is 0 Å². The molecule has 150 valence electrons. The Morgan fingerprint density at radius 3 is 2.32 bits per heavy atom. The molecule has 2 rings (SSSR count). The summed E-state index contributed by atoms with van der Waals surface area (Å²) in [6.07, 6.45) is 2.18. The summed E-state index contributed by atoms with van der Waals surface area (Å²) >= 11 is 0. The van der Waals surface area contributed by atoms with E-state index in [0.29, 0.717) is 13.1 Å². The summed E-state index contributed by atoms with van der Waals surface area (Å²) in [4.78, 5) is 27.3. The van der Waals surface area contributed by atoms with Crippen LogP contribution < -0.4 is 10.1 Å². The fraction of sp³-hybridized carbons (Fsp3) is 0.391. The zero-order chi connectivity index (χ0) is 20.4. The van der Waals surface area contributed by atoms with Crippen molar-refractivity contribution in [3.8, 4) is 5.75 Å². The molecule has 2 amide bonds. The molecule has 2 aromatic rings. The van der Waals surface area contributed by atoms with Gasteiger partial charge in [0.15, 0.2) is 0 Å². The van der Waals surface area contributed by atoms with Crippen molar-refractivity contribution in [3.63, 3.8) is 0 Å². The van der Waals surface area contributed by atoms with Crippen LogP contribution in [0.5, 0.6) is 5.75 Å². The number of methoxy groups -OCH3 is 1. The number of unbranched alkanes of at least 4 members (excludes halogenated alkanes) is 1. The summed E-state index contributed by atoms with van der Waals surface area (Å²) in [6, 6.07) is 16.6. The third kappa shape index (κ3) is 6.41. The van der Waals surface area contributed by atoms with E-state index in [2.05, 4.69) is 12.2 Å². The Bertz CT molecular complexity index is 744. The van der Waals surface area contributed by atoms with Crippen LogP contribution in [0.25, 0.3) is 0 Å². The molecule has 5 heteroatoms. The molecule has 1 N–H and O–H groups in total. The van der Waals surface area contributed by atoms with Crippen LogP contribution in [0, 0.1) is 0 Å². The maximum absolute atomic E-state index is 13.1. The first-order valence-corrected chi connectivity index (χ1v) is 9.79. The van der Waals surface area contributed by atoms with Crippen molar-refractivity contribution in [2.75, 3.05) is 13.7 Å². The number of hydrogen-bond donors (Lipinski definition) is 1. The van der Waals surface area contributed by atoms with Crippen LogP contribution in [0.1, 0.15) is 37.8 Å². The van der Waals surface area contributed by atoms with Crippen LogP contribution >= 0.6 is 0 Å². The number of hydrogen-bond acceptors (Lipinski definition) is 3. The van der Waals surface area contributed by atoms with Gasteiger partial charge in [-0.05, 0) is 36.6 Å². The molecule has 0 radical (unpaired) electrons. The van der Waals surface area contributed by atoms with Gasteiger partial charge in [-0.2, -0.15) is 0 Å². The number of nitrogens with zero attached hydrogens (tertiary/aromatic N) is 1. The van der Waals surface area contributed by atoms with E-state index in [9.17, 15) is 9.59 Å². The molecule has 5 nitrogen and oxygen atoms in total. The summed E-state index contributed by atoms with van der Waals surface area (Å²) in [5, 5.41) is 2.93. The first-order chi connectivity index (χ1) is 13.5. The number of rotatable bonds is 10. The predicted molar refractivity (Wildman–Crippen MR) is 111 cm³/mol. The van der Waals surface area contributed by atoms with Crippen LogP contribution in [0.15, 0.2) is 54.6 Å². The molecule has 1 atom stereocenters. The van der Waals surface area contributed by atoms with E-state index in [0.717, 1.165) is 29.7 Å². The highest BCUT2D eigenvalue weighted by molar-refractivity contribution is 5.88. The second kappa shape index (κ2) is 11.1. The summed E-state index contributed by atoms with van der Waals surface area (Å²) in [5.74, 6) is 0.556. The molecule has 1 unspecified atom stereocenters. The van der Waals surface area contributed by atoms with Crippen LogP contribution in [-0.2, 0) is 22.6 Å². The van der Waals surface area contributed by atoms with E-state index in [1.807, 2.05) is 54.6 Å². The van der Waals surface area contributed by atoms with Gasteiger partial charge < -0.3 is 15.0 Å². The molecule has 0 aliphatic rings. The lowest BCUT2D eigenvalue weighted by atomic mass is 10.1. The van der Waals surface area contributed by atoms with Gasteiger partial charge in [-0.3, -0.25) is 9.59 Å². The van der Waals surface area contributed by atoms with E-state index < -0.39 is 6.04 Å². The van der Waals surface area contributed by atoms with E-state index >= 15 is 0 Å². The topological polar surface area (TPSA) is 58.6 Å². The highest BCUT2D eigenvalue weighted by Crippen LogP contribution is 2.15. The van der Waals surface area contributed by atoms with Gasteiger partial charge in [0.1, 0.15) is 11.8 Å². The summed E-state index contributed by atoms with van der Waals surface area (Å²) < 4.78 is 5.17. The van der Waals surface area contributed by atoms with E-state index in [1.54, 1.807) is 18.9 Å². The second-order valence-electron chi connectivity index (χ2n) is 6.85. The molecular formula is C23H30N2O3. The summed E-state index contributed by atoms with van der Waals surface area (Å²) in [7, 11) is 1.61. The van der Waals surface area contributed by atoms with Crippen LogP contribution in [-0.4, -0.2) is 36.4 Å². The van der Waals surface area contributed by atoms with Crippen molar-refractivity contribution < 1.29 is 14.3 Å². The molecule has 0 bridgehead atoms. The average Bonchev–Trinajstić information content (AvgIpc) is 2.72. The van der Waals surface area contributed by atoms with Crippen molar-refractivity contribution in [1.29, 1.82) is 0 Å². The maximum atomic E-state index is 13.1. The standard InChI is InChI=1S/C23H30N2O3/c1-4-5-15-24-23(27)18(2)25(17-20-9-7-6-8-10-20)22(26)16-19-11-13-21(28-3)14-12-19/h6-14,18H,4-5,15-17H2,1-3H3,(H,24,27). The lowest BCUT2D eigenvalue weighted by molar-refractivity contribution is -0.140. The molecule has 0 aromatic heterocycles. The summed E-state index contributed by atoms with van der Waals surface area (Å²) in [6.45, 7) is 4.90. The van der Waals surface area contributed by atoms with Crippen LogP contribution in [0.3, 0.4) is 0 Å². The zero-order valence-corrected chi connectivity index (χ0v) is 17.0. The molecular weight excluding hydrogens is 352 g/mol. The number of benzene rings is 2. The smallest absolute Gasteiger partial charge is 0.242 e. The van der Waals surface area contributed by atoms with Crippen LogP contribution in [0.2, 0.25) is 0 Å². The first-order valence-electron chi connectivity index (χ1n) is 9.79. The van der Waals surface area contributed by atoms with Crippen molar-refractivity contribution in [2.45, 2.75) is 45.7 Å². The van der Waals surface area contributed by atoms with E-state index in [-0.39, 0.29) is 18.2 Å². The fourth-order valence-corrected chi connectivity index (χ4v) is 2.92. The van der Waals surface area contributed by atoms with Crippen molar-refractivity contribution in [2.24, 2.45) is 0 Å². The van der Waals surface area contributed by atoms with E-state index in [1.165, 1.54) is 0 Å². The lowest BCUT2D eigenvalue weighted by Crippen LogP contribution is -2.48. The minimum absolute atomic E-state index is 0.0767. The molecule has 0 aliphatic carbocycles. The Morgan fingerprint density at radius 1 is 1.04 bits per heavy atom. The summed E-state index contributed by atoms with van der Waals surface area (Å²) in [5.41, 5.74) is 1.89. The van der Waals surface area contributed by atoms with Gasteiger partial charge in [-0.25, -0.2) is 0 Å². The van der Waals surface area contributed by atoms with Crippen LogP contribution in [0.4, 0.5) is 0 Å². The zero-order valence-electron chi connectivity index (χ0n) is 17.0. The van der Waals surface area contributed by atoms with Gasteiger partial charge in [-0.15, -0.1) is 0 Å². The van der Waals surface area contributed by atoms with Gasteiger partial charge in [0.25, 0.3) is 0 Å². The molecule has 0 spiro atoms. The lowest BCUT2D eigenvalue weighted by Gasteiger charge is -2.29. The number of nitrogens with one attached hydrogen (secondary N) is 1. The van der Waals surface area contributed by atoms with Gasteiger partial charge in [0.2, 0.25) is 11.8 Å². The SMILES string of the molecule is CCCCNC(=O)C(C)N(Cc1ccccc1)C(=O)Cc1ccc(OC)cc1. The highest BCUT2D eigenvalue weighted by atomic mass is 16.5. The molecule has 2 aromatic carbocycles. The molecule has 0 fully saturated rings. The van der Waals surface area contributed by atoms with Crippen molar-refractivity contribution in [1.82, 2.24) is 10.2 Å². The minimum Gasteiger partial charge on any atom is -0.497 e. The van der Waals surface area contributed by atoms with Gasteiger partial charge in [0, 0.05) is 13.1 Å². The Morgan fingerprint density at radius 2 is 1.71 bits per heavy atom. The number of ether oxygens (including phenoxy) is 1. The van der Waals surface area contributed by atoms with E-state index in [4.69, 9.17) is 4.74 Å². The number of carbonyl (C=O) groups is 2. The molecule has 0 heterocycles. The Hall–Kier alpha value is -2.82. The normalized spacial score (nSPS) is 11.5. The Labute approximate surface area is 167 Å². The first kappa shape index (κ1) is 21.5. The minimum atomic E-state index is -0.539. The third-order valence-corrected chi connectivity index (χ3v) is 4.71. The molecule has 0 saturated carbocycles. The molecule has 28 heavy (non-hydrogen) atoms. The quantitative estimate of drug-likeness (QED) is 0.639. The predicted octanol–water partition coefficient (Wildman–Crippen LogP) is 3.57. The highest BCUT2D eigenvalue weighted by Gasteiger charge is 2.26. The van der Waals surface area contributed by atoms with Gasteiger partial charge in [-0.1, -0.05) is 55.8 Å². The largest absolute Gasteiger partial charge is 0.497 e. The number of amides is 2. The van der Waals surface area contributed by atoms with Gasteiger partial charge in [0.05, 0.1) is 13.5 Å². The average molecular weight is 383 g/mol. The number of carbonyl (C=O) groups excluding carboxylic acids is 2.